The number of rotatable bonds is 7. The van der Waals surface area contributed by atoms with Crippen molar-refractivity contribution in [2.24, 2.45) is 0 Å². The van der Waals surface area contributed by atoms with Crippen molar-refractivity contribution in [1.82, 2.24) is 4.98 Å². The lowest BCUT2D eigenvalue weighted by atomic mass is 10.1. The number of benzene rings is 2. The average Bonchev–Trinajstić information content (AvgIpc) is 2.77. The molecule has 2 aromatic heterocycles. The van der Waals surface area contributed by atoms with Gasteiger partial charge in [-0.15, -0.1) is 0 Å². The van der Waals surface area contributed by atoms with Crippen LogP contribution in [0.15, 0.2) is 70.1 Å². The lowest BCUT2D eigenvalue weighted by molar-refractivity contribution is 0.296. The van der Waals surface area contributed by atoms with Gasteiger partial charge < -0.3 is 19.2 Å². The third-order valence-electron chi connectivity index (χ3n) is 4.64. The van der Waals surface area contributed by atoms with Crippen LogP contribution in [-0.4, -0.2) is 18.7 Å². The summed E-state index contributed by atoms with van der Waals surface area (Å²) in [5, 5.41) is 4.36. The minimum Gasteiger partial charge on any atom is -0.493 e. The van der Waals surface area contributed by atoms with Crippen LogP contribution in [0.3, 0.4) is 0 Å². The molecule has 0 spiro atoms. The topological polar surface area (TPSA) is 73.6 Å². The summed E-state index contributed by atoms with van der Waals surface area (Å²) >= 11 is 12.4. The lowest BCUT2D eigenvalue weighted by Crippen LogP contribution is -2.06. The van der Waals surface area contributed by atoms with E-state index >= 15 is 0 Å². The van der Waals surface area contributed by atoms with Gasteiger partial charge in [0.15, 0.2) is 11.3 Å². The fourth-order valence-electron chi connectivity index (χ4n) is 3.17. The molecule has 0 aliphatic heterocycles. The first-order valence-corrected chi connectivity index (χ1v) is 10.2. The van der Waals surface area contributed by atoms with E-state index in [1.807, 2.05) is 30.3 Å². The zero-order valence-electron chi connectivity index (χ0n) is 16.5. The molecule has 0 radical (unpaired) electrons. The zero-order valence-corrected chi connectivity index (χ0v) is 18.0. The Balaban J connectivity index is 1.73. The number of ether oxygens (including phenoxy) is 2. The lowest BCUT2D eigenvalue weighted by Gasteiger charge is -2.15. The highest BCUT2D eigenvalue weighted by molar-refractivity contribution is 6.39. The Kier molecular flexibility index (Phi) is 6.30. The Hall–Kier alpha value is -3.22. The monoisotopic (exact) mass is 456 g/mol. The van der Waals surface area contributed by atoms with Gasteiger partial charge in [-0.2, -0.15) is 0 Å². The third-order valence-corrected chi connectivity index (χ3v) is 5.22. The number of halogens is 2. The number of nitrogens with one attached hydrogen (secondary N) is 1. The average molecular weight is 457 g/mol. The second-order valence-corrected chi connectivity index (χ2v) is 7.45. The van der Waals surface area contributed by atoms with Crippen LogP contribution in [0.25, 0.3) is 11.0 Å². The molecule has 2 heterocycles. The fourth-order valence-corrected chi connectivity index (χ4v) is 3.62. The van der Waals surface area contributed by atoms with Gasteiger partial charge in [-0.1, -0.05) is 53.5 Å². The van der Waals surface area contributed by atoms with Gasteiger partial charge in [0.2, 0.25) is 5.75 Å². The number of pyridine rings is 1. The third kappa shape index (κ3) is 4.60. The molecular weight excluding hydrogens is 439 g/mol. The van der Waals surface area contributed by atoms with E-state index in [1.54, 1.807) is 12.1 Å². The van der Waals surface area contributed by atoms with Crippen LogP contribution >= 0.6 is 23.2 Å². The van der Waals surface area contributed by atoms with Crippen molar-refractivity contribution in [3.63, 3.8) is 0 Å². The van der Waals surface area contributed by atoms with E-state index in [1.165, 1.54) is 25.6 Å². The highest BCUT2D eigenvalue weighted by atomic mass is 35.5. The molecule has 0 aliphatic rings. The van der Waals surface area contributed by atoms with Crippen molar-refractivity contribution in [1.29, 1.82) is 0 Å². The summed E-state index contributed by atoms with van der Waals surface area (Å²) in [4.78, 5) is 16.3. The summed E-state index contributed by atoms with van der Waals surface area (Å²) in [6.45, 7) is 0.378. The first-order valence-electron chi connectivity index (χ1n) is 9.44. The SMILES string of the molecule is COc1ccc2c(Nc3c(Cl)cncc3Cl)cc(=O)oc2c1OCCc1ccccc1. The summed E-state index contributed by atoms with van der Waals surface area (Å²) in [5.74, 6) is 0.810. The summed E-state index contributed by atoms with van der Waals surface area (Å²) < 4.78 is 16.9. The first-order chi connectivity index (χ1) is 15.1. The van der Waals surface area contributed by atoms with Crippen molar-refractivity contribution >= 4 is 45.5 Å². The Morgan fingerprint density at radius 2 is 1.81 bits per heavy atom. The molecule has 0 saturated heterocycles. The second-order valence-electron chi connectivity index (χ2n) is 6.64. The van der Waals surface area contributed by atoms with Crippen LogP contribution < -0.4 is 20.4 Å². The van der Waals surface area contributed by atoms with Gasteiger partial charge in [0.25, 0.3) is 0 Å². The number of fused-ring (bicyclic) bond motifs is 1. The molecule has 0 aliphatic carbocycles. The molecule has 1 N–H and O–H groups in total. The van der Waals surface area contributed by atoms with Gasteiger partial charge in [-0.25, -0.2) is 4.79 Å². The largest absolute Gasteiger partial charge is 0.493 e. The van der Waals surface area contributed by atoms with E-state index in [-0.39, 0.29) is 5.58 Å². The maximum Gasteiger partial charge on any atom is 0.338 e. The van der Waals surface area contributed by atoms with E-state index in [9.17, 15) is 4.79 Å². The summed E-state index contributed by atoms with van der Waals surface area (Å²) in [6.07, 6.45) is 3.61. The molecule has 0 amide bonds. The van der Waals surface area contributed by atoms with Gasteiger partial charge in [0, 0.05) is 30.3 Å². The van der Waals surface area contributed by atoms with Crippen LogP contribution in [0.4, 0.5) is 11.4 Å². The van der Waals surface area contributed by atoms with E-state index in [0.717, 1.165) is 5.56 Å². The van der Waals surface area contributed by atoms with Crippen molar-refractivity contribution in [3.05, 3.63) is 87.0 Å². The van der Waals surface area contributed by atoms with Gasteiger partial charge >= 0.3 is 5.63 Å². The van der Waals surface area contributed by atoms with E-state index in [0.29, 0.717) is 51.3 Å². The molecule has 0 unspecified atom stereocenters. The highest BCUT2D eigenvalue weighted by Crippen LogP contribution is 2.40. The molecule has 158 valence electrons. The molecule has 4 rings (SSSR count). The second kappa shape index (κ2) is 9.29. The van der Waals surface area contributed by atoms with Crippen LogP contribution in [0.2, 0.25) is 10.0 Å². The summed E-state index contributed by atoms with van der Waals surface area (Å²) in [5.41, 5.74) is 1.75. The van der Waals surface area contributed by atoms with Gasteiger partial charge in [0.05, 0.1) is 35.1 Å². The van der Waals surface area contributed by atoms with E-state index in [4.69, 9.17) is 37.1 Å². The predicted octanol–water partition coefficient (Wildman–Crippen LogP) is 5.87. The van der Waals surface area contributed by atoms with Crippen molar-refractivity contribution in [2.75, 3.05) is 19.0 Å². The maximum atomic E-state index is 12.3. The molecule has 2 aromatic carbocycles. The molecule has 4 aromatic rings. The Labute approximate surface area is 188 Å². The van der Waals surface area contributed by atoms with Crippen LogP contribution in [-0.2, 0) is 6.42 Å². The van der Waals surface area contributed by atoms with Gasteiger partial charge in [-0.05, 0) is 17.7 Å². The Bertz CT molecular complexity index is 1260. The van der Waals surface area contributed by atoms with E-state index < -0.39 is 5.63 Å². The number of hydrogen-bond acceptors (Lipinski definition) is 6. The van der Waals surface area contributed by atoms with Crippen molar-refractivity contribution < 1.29 is 13.9 Å². The molecular formula is C23H18Cl2N2O4. The molecule has 8 heteroatoms. The molecule has 0 atom stereocenters. The van der Waals surface area contributed by atoms with Crippen molar-refractivity contribution in [3.8, 4) is 11.5 Å². The first kappa shape index (κ1) is 21.0. The number of anilines is 2. The fraction of sp³-hybridized carbons (Fsp3) is 0.130. The maximum absolute atomic E-state index is 12.3. The quantitative estimate of drug-likeness (QED) is 0.350. The molecule has 0 bridgehead atoms. The molecule has 0 fully saturated rings. The summed E-state index contributed by atoms with van der Waals surface area (Å²) in [6, 6.07) is 14.8. The molecule has 6 nitrogen and oxygen atoms in total. The van der Waals surface area contributed by atoms with Gasteiger partial charge in [0.1, 0.15) is 0 Å². The predicted molar refractivity (Wildman–Crippen MR) is 122 cm³/mol. The zero-order chi connectivity index (χ0) is 21.8. The van der Waals surface area contributed by atoms with Gasteiger partial charge in [-0.3, -0.25) is 4.98 Å². The molecule has 31 heavy (non-hydrogen) atoms. The van der Waals surface area contributed by atoms with Crippen LogP contribution in [0.1, 0.15) is 5.56 Å². The number of hydrogen-bond donors (Lipinski definition) is 1. The van der Waals surface area contributed by atoms with E-state index in [2.05, 4.69) is 10.3 Å². The normalized spacial score (nSPS) is 10.8. The number of aromatic nitrogens is 1. The minimum atomic E-state index is -0.558. The number of nitrogens with zero attached hydrogens (tertiary/aromatic N) is 1. The Morgan fingerprint density at radius 1 is 1.06 bits per heavy atom. The van der Waals surface area contributed by atoms with Crippen molar-refractivity contribution in [2.45, 2.75) is 6.42 Å². The summed E-state index contributed by atoms with van der Waals surface area (Å²) in [7, 11) is 1.53. The minimum absolute atomic E-state index is 0.267. The standard InChI is InChI=1S/C23H18Cl2N2O4/c1-29-19-8-7-15-18(27-21-16(24)12-26-13-17(21)25)11-20(28)31-22(15)23(19)30-10-9-14-5-3-2-4-6-14/h2-8,11-13H,9-10H2,1H3,(H,26,27). The van der Waals surface area contributed by atoms with Crippen LogP contribution in [0.5, 0.6) is 11.5 Å². The van der Waals surface area contributed by atoms with Crippen LogP contribution in [0, 0.1) is 0 Å². The smallest absolute Gasteiger partial charge is 0.338 e. The number of methoxy groups -OCH3 is 1. The molecule has 0 saturated carbocycles. The Morgan fingerprint density at radius 3 is 2.52 bits per heavy atom. The highest BCUT2D eigenvalue weighted by Gasteiger charge is 2.17.